The predicted molar refractivity (Wildman–Crippen MR) is 166 cm³/mol. The summed E-state index contributed by atoms with van der Waals surface area (Å²) in [7, 11) is 3.73. The van der Waals surface area contributed by atoms with Crippen LogP contribution in [0.5, 0.6) is 0 Å². The summed E-state index contributed by atoms with van der Waals surface area (Å²) in [4.78, 5) is 27.9. The van der Waals surface area contributed by atoms with Crippen LogP contribution >= 0.6 is 21.6 Å². The van der Waals surface area contributed by atoms with Crippen LogP contribution in [0.3, 0.4) is 0 Å². The van der Waals surface area contributed by atoms with Crippen molar-refractivity contribution in [1.82, 2.24) is 10.6 Å². The van der Waals surface area contributed by atoms with Gasteiger partial charge in [-0.1, -0.05) is 53.5 Å². The third-order valence-corrected chi connectivity index (χ3v) is 13.5. The molecule has 42 heavy (non-hydrogen) atoms. The van der Waals surface area contributed by atoms with Crippen LogP contribution in [-0.2, 0) is 19.1 Å². The van der Waals surface area contributed by atoms with Crippen molar-refractivity contribution in [3.8, 4) is 0 Å². The lowest BCUT2D eigenvalue weighted by atomic mass is 9.43. The first-order valence-corrected chi connectivity index (χ1v) is 18.5. The molecule has 4 heterocycles. The van der Waals surface area contributed by atoms with Crippen molar-refractivity contribution in [3.63, 3.8) is 0 Å². The fourth-order valence-electron chi connectivity index (χ4n) is 9.54. The van der Waals surface area contributed by atoms with E-state index in [9.17, 15) is 9.59 Å². The first-order chi connectivity index (χ1) is 20.5. The van der Waals surface area contributed by atoms with Gasteiger partial charge < -0.3 is 20.1 Å². The molecule has 4 aliphatic heterocycles. The molecule has 9 aliphatic rings. The number of hydrogen-bond acceptors (Lipinski definition) is 8. The summed E-state index contributed by atoms with van der Waals surface area (Å²) in [6, 6.07) is 0. The summed E-state index contributed by atoms with van der Waals surface area (Å²) in [5, 5.41) is 7.04. The predicted octanol–water partition coefficient (Wildman–Crippen LogP) is 6.82. The first kappa shape index (κ1) is 27.2. The minimum absolute atomic E-state index is 0.0428. The Hall–Kier alpha value is -2.32. The highest BCUT2D eigenvalue weighted by atomic mass is 33.1. The zero-order chi connectivity index (χ0) is 28.6. The molecule has 9 rings (SSSR count). The van der Waals surface area contributed by atoms with Crippen LogP contribution in [0.25, 0.3) is 0 Å². The quantitative estimate of drug-likeness (QED) is 0.263. The van der Waals surface area contributed by atoms with Gasteiger partial charge in [-0.25, -0.2) is 9.59 Å². The second-order valence-corrected chi connectivity index (χ2v) is 16.0. The van der Waals surface area contributed by atoms with Gasteiger partial charge in [-0.15, -0.1) is 0 Å². The number of fused-ring (bicyclic) bond motifs is 2. The standard InChI is InChI=1S/C34H40N2O4S2/c1-3-4-20-6-7-21-15-24-22-9-11-34(29(24)28-27(21)31(20)40-32(28)37)25-8-5-18(2)16-41-42-17-36-26-14-19(10-12-35-26)13-23(22)30(34)33(38)39-25/h8,10,14,18,21-22,24,29,35-36H,3-7,9,11-13,15-17H2,1-2H3. The normalized spacial score (nSPS) is 37.2. The number of hydrogen-bond donors (Lipinski definition) is 2. The number of carbonyl (C=O) groups excluding carboxylic acids is 2. The molecule has 2 fully saturated rings. The van der Waals surface area contributed by atoms with E-state index in [1.807, 2.05) is 21.6 Å². The van der Waals surface area contributed by atoms with Gasteiger partial charge in [0.1, 0.15) is 11.5 Å². The molecule has 2 N–H and O–H groups in total. The van der Waals surface area contributed by atoms with Crippen molar-refractivity contribution >= 4 is 33.5 Å². The Balaban J connectivity index is 1.32. The molecule has 1 saturated carbocycles. The average molecular weight is 605 g/mol. The van der Waals surface area contributed by atoms with E-state index < -0.39 is 5.41 Å². The maximum absolute atomic E-state index is 14.0. The van der Waals surface area contributed by atoms with Gasteiger partial charge >= 0.3 is 11.9 Å². The maximum Gasteiger partial charge on any atom is 0.340 e. The van der Waals surface area contributed by atoms with Crippen LogP contribution in [0.1, 0.15) is 71.6 Å². The van der Waals surface area contributed by atoms with E-state index in [1.165, 1.54) is 22.3 Å². The van der Waals surface area contributed by atoms with Gasteiger partial charge in [-0.05, 0) is 98.3 Å². The number of rotatable bonds is 2. The number of esters is 2. The van der Waals surface area contributed by atoms with E-state index in [-0.39, 0.29) is 23.8 Å². The Kier molecular flexibility index (Phi) is 6.74. The Bertz CT molecular complexity index is 1450. The summed E-state index contributed by atoms with van der Waals surface area (Å²) >= 11 is 0. The van der Waals surface area contributed by atoms with Crippen LogP contribution in [0.15, 0.2) is 69.0 Å². The molecular weight excluding hydrogens is 565 g/mol. The molecule has 7 bridgehead atoms. The van der Waals surface area contributed by atoms with Crippen molar-refractivity contribution in [1.29, 1.82) is 0 Å². The molecule has 222 valence electrons. The topological polar surface area (TPSA) is 76.7 Å². The maximum atomic E-state index is 14.0. The van der Waals surface area contributed by atoms with Crippen LogP contribution in [-0.4, -0.2) is 30.1 Å². The molecule has 1 saturated heterocycles. The van der Waals surface area contributed by atoms with Crippen molar-refractivity contribution in [3.05, 3.63) is 69.0 Å². The van der Waals surface area contributed by atoms with E-state index in [2.05, 4.69) is 42.7 Å². The van der Waals surface area contributed by atoms with E-state index in [4.69, 9.17) is 9.47 Å². The number of allylic oxidation sites excluding steroid dienone is 7. The van der Waals surface area contributed by atoms with Crippen LogP contribution in [0.2, 0.25) is 0 Å². The zero-order valence-corrected chi connectivity index (χ0v) is 26.2. The number of ether oxygens (including phenoxy) is 2. The highest BCUT2D eigenvalue weighted by Gasteiger charge is 2.69. The minimum Gasteiger partial charge on any atom is -0.427 e. The Morgan fingerprint density at radius 1 is 1.07 bits per heavy atom. The summed E-state index contributed by atoms with van der Waals surface area (Å²) in [5.74, 6) is 5.70. The van der Waals surface area contributed by atoms with Crippen molar-refractivity contribution < 1.29 is 19.1 Å². The number of dihydropyridines is 1. The smallest absolute Gasteiger partial charge is 0.340 e. The molecule has 5 aliphatic carbocycles. The SMILES string of the molecule is CCCC1=C2OC(=O)C3=C2C(CC1)CC1C2CCC4(C5=CCC(C)CSSCNC6=CC(=CCN6)CC2=C4C(=O)O5)C31. The fraction of sp³-hybridized carbons (Fsp3) is 0.588. The van der Waals surface area contributed by atoms with E-state index in [0.717, 1.165) is 104 Å². The fourth-order valence-corrected chi connectivity index (χ4v) is 11.7. The van der Waals surface area contributed by atoms with Gasteiger partial charge in [0, 0.05) is 29.4 Å². The highest BCUT2D eigenvalue weighted by Crippen LogP contribution is 2.72. The third-order valence-electron chi connectivity index (χ3n) is 11.1. The molecule has 0 aromatic carbocycles. The average Bonchev–Trinajstić information content (AvgIpc) is 3.48. The molecule has 0 aromatic heterocycles. The molecule has 6 unspecified atom stereocenters. The summed E-state index contributed by atoms with van der Waals surface area (Å²) < 4.78 is 12.5. The summed E-state index contributed by atoms with van der Waals surface area (Å²) in [6.45, 7) is 5.26. The molecule has 0 radical (unpaired) electrons. The largest absolute Gasteiger partial charge is 0.427 e. The molecule has 0 amide bonds. The van der Waals surface area contributed by atoms with Crippen molar-refractivity contribution in [2.24, 2.45) is 35.0 Å². The van der Waals surface area contributed by atoms with E-state index >= 15 is 0 Å². The Morgan fingerprint density at radius 3 is 2.86 bits per heavy atom. The van der Waals surface area contributed by atoms with Crippen LogP contribution < -0.4 is 10.6 Å². The molecule has 0 aromatic rings. The van der Waals surface area contributed by atoms with Gasteiger partial charge in [0.15, 0.2) is 0 Å². The van der Waals surface area contributed by atoms with Gasteiger partial charge in [0.2, 0.25) is 0 Å². The second-order valence-electron chi connectivity index (χ2n) is 13.4. The Labute approximate surface area is 256 Å². The first-order valence-electron chi connectivity index (χ1n) is 16.0. The van der Waals surface area contributed by atoms with E-state index in [1.54, 1.807) is 0 Å². The molecule has 6 nitrogen and oxygen atoms in total. The highest BCUT2D eigenvalue weighted by molar-refractivity contribution is 8.76. The number of nitrogens with one attached hydrogen (secondary N) is 2. The Morgan fingerprint density at radius 2 is 1.98 bits per heavy atom. The van der Waals surface area contributed by atoms with Gasteiger partial charge in [0.25, 0.3) is 0 Å². The van der Waals surface area contributed by atoms with Gasteiger partial charge in [-0.3, -0.25) is 0 Å². The van der Waals surface area contributed by atoms with Crippen LogP contribution in [0, 0.1) is 35.0 Å². The summed E-state index contributed by atoms with van der Waals surface area (Å²) in [6.07, 6.45) is 15.5. The minimum atomic E-state index is -0.563. The second kappa shape index (κ2) is 10.4. The zero-order valence-electron chi connectivity index (χ0n) is 24.6. The van der Waals surface area contributed by atoms with Crippen molar-refractivity contribution in [2.75, 3.05) is 18.2 Å². The van der Waals surface area contributed by atoms with Gasteiger partial charge in [-0.2, -0.15) is 0 Å². The van der Waals surface area contributed by atoms with E-state index in [0.29, 0.717) is 17.8 Å². The lowest BCUT2D eigenvalue weighted by molar-refractivity contribution is -0.135. The molecule has 8 heteroatoms. The molecule has 6 atom stereocenters. The molecule has 1 spiro atoms. The monoisotopic (exact) mass is 604 g/mol. The summed E-state index contributed by atoms with van der Waals surface area (Å²) in [5.41, 5.74) is 6.25. The van der Waals surface area contributed by atoms with Crippen molar-refractivity contribution in [2.45, 2.75) is 71.6 Å². The van der Waals surface area contributed by atoms with Crippen LogP contribution in [0.4, 0.5) is 0 Å². The van der Waals surface area contributed by atoms with Gasteiger partial charge in [0.05, 0.1) is 22.7 Å². The molecular formula is C34H40N2O4S2. The lowest BCUT2D eigenvalue weighted by Crippen LogP contribution is -2.53. The number of carbonyl (C=O) groups is 2. The lowest BCUT2D eigenvalue weighted by Gasteiger charge is -2.57. The third kappa shape index (κ3) is 3.99.